The van der Waals surface area contributed by atoms with Gasteiger partial charge >= 0.3 is 0 Å². The lowest BCUT2D eigenvalue weighted by molar-refractivity contribution is -0.115. The zero-order valence-corrected chi connectivity index (χ0v) is 16.6. The van der Waals surface area contributed by atoms with Crippen LogP contribution in [0.1, 0.15) is 35.9 Å². The molecular formula is C20H27N3O2S. The number of benzene rings is 1. The van der Waals surface area contributed by atoms with E-state index < -0.39 is 0 Å². The number of thiazole rings is 1. The monoisotopic (exact) mass is 373 g/mol. The molecule has 1 saturated heterocycles. The van der Waals surface area contributed by atoms with Gasteiger partial charge in [0, 0.05) is 11.4 Å². The fourth-order valence-corrected chi connectivity index (χ4v) is 4.17. The minimum Gasteiger partial charge on any atom is -0.497 e. The summed E-state index contributed by atoms with van der Waals surface area (Å²) in [6.07, 6.45) is 2.87. The molecule has 6 heteroatoms. The van der Waals surface area contributed by atoms with Crippen molar-refractivity contribution >= 4 is 22.4 Å². The van der Waals surface area contributed by atoms with Crippen molar-refractivity contribution in [2.45, 2.75) is 39.7 Å². The van der Waals surface area contributed by atoms with Crippen LogP contribution in [0, 0.1) is 12.8 Å². The molecule has 0 radical (unpaired) electrons. The molecule has 26 heavy (non-hydrogen) atoms. The normalized spacial score (nSPS) is 15.8. The number of likely N-dealkylation sites (tertiary alicyclic amines) is 1. The first-order chi connectivity index (χ1) is 12.5. The van der Waals surface area contributed by atoms with Crippen LogP contribution in [0.5, 0.6) is 5.75 Å². The van der Waals surface area contributed by atoms with Crippen LogP contribution in [-0.2, 0) is 17.8 Å². The van der Waals surface area contributed by atoms with Gasteiger partial charge in [0.05, 0.1) is 19.2 Å². The van der Waals surface area contributed by atoms with E-state index in [-0.39, 0.29) is 5.91 Å². The first-order valence-electron chi connectivity index (χ1n) is 9.15. The Kier molecular flexibility index (Phi) is 6.27. The van der Waals surface area contributed by atoms with E-state index in [9.17, 15) is 4.79 Å². The van der Waals surface area contributed by atoms with Crippen molar-refractivity contribution in [2.24, 2.45) is 5.92 Å². The second kappa shape index (κ2) is 8.64. The van der Waals surface area contributed by atoms with Gasteiger partial charge in [0.15, 0.2) is 5.13 Å². The Morgan fingerprint density at radius 2 is 2.00 bits per heavy atom. The molecule has 1 amide bonds. The number of aromatic nitrogens is 1. The summed E-state index contributed by atoms with van der Waals surface area (Å²) >= 11 is 1.59. The molecule has 1 aromatic heterocycles. The molecule has 1 aliphatic heterocycles. The largest absolute Gasteiger partial charge is 0.497 e. The van der Waals surface area contributed by atoms with Gasteiger partial charge in [-0.1, -0.05) is 19.1 Å². The second-order valence-electron chi connectivity index (χ2n) is 7.06. The van der Waals surface area contributed by atoms with E-state index in [2.05, 4.69) is 22.1 Å². The summed E-state index contributed by atoms with van der Waals surface area (Å²) in [6.45, 7) is 7.59. The highest BCUT2D eigenvalue weighted by Crippen LogP contribution is 2.26. The summed E-state index contributed by atoms with van der Waals surface area (Å²) in [5.74, 6) is 1.59. The quantitative estimate of drug-likeness (QED) is 0.835. The van der Waals surface area contributed by atoms with Gasteiger partial charge < -0.3 is 10.1 Å². The van der Waals surface area contributed by atoms with Crippen molar-refractivity contribution in [2.75, 3.05) is 25.5 Å². The number of carbonyl (C=O) groups is 1. The predicted octanol–water partition coefficient (Wildman–Crippen LogP) is 3.87. The van der Waals surface area contributed by atoms with Crippen LogP contribution in [0.4, 0.5) is 5.13 Å². The van der Waals surface area contributed by atoms with Crippen LogP contribution < -0.4 is 10.1 Å². The molecule has 3 rings (SSSR count). The average molecular weight is 374 g/mol. The Morgan fingerprint density at radius 1 is 1.31 bits per heavy atom. The zero-order chi connectivity index (χ0) is 18.5. The van der Waals surface area contributed by atoms with E-state index >= 15 is 0 Å². The first-order valence-corrected chi connectivity index (χ1v) is 9.96. The van der Waals surface area contributed by atoms with E-state index in [1.165, 1.54) is 17.7 Å². The fourth-order valence-electron chi connectivity index (χ4n) is 3.14. The lowest BCUT2D eigenvalue weighted by atomic mass is 9.99. The molecule has 1 aliphatic rings. The molecule has 1 fully saturated rings. The molecule has 0 atom stereocenters. The van der Waals surface area contributed by atoms with Gasteiger partial charge in [0.1, 0.15) is 5.75 Å². The number of aryl methyl sites for hydroxylation is 1. The summed E-state index contributed by atoms with van der Waals surface area (Å²) in [5.41, 5.74) is 1.98. The van der Waals surface area contributed by atoms with Crippen molar-refractivity contribution in [3.63, 3.8) is 0 Å². The number of hydrogen-bond donors (Lipinski definition) is 1. The highest BCUT2D eigenvalue weighted by molar-refractivity contribution is 7.15. The van der Waals surface area contributed by atoms with Gasteiger partial charge in [0.25, 0.3) is 0 Å². The molecule has 0 bridgehead atoms. The Balaban J connectivity index is 1.55. The molecule has 1 aromatic carbocycles. The number of carbonyl (C=O) groups excluding carboxylic acids is 1. The third-order valence-electron chi connectivity index (χ3n) is 4.91. The lowest BCUT2D eigenvalue weighted by Gasteiger charge is -2.29. The van der Waals surface area contributed by atoms with Crippen LogP contribution in [0.15, 0.2) is 24.3 Å². The van der Waals surface area contributed by atoms with E-state index in [0.29, 0.717) is 11.6 Å². The van der Waals surface area contributed by atoms with E-state index in [4.69, 9.17) is 4.74 Å². The van der Waals surface area contributed by atoms with Crippen LogP contribution in [0.2, 0.25) is 0 Å². The molecule has 2 heterocycles. The molecule has 0 aliphatic carbocycles. The SMILES string of the molecule is COc1ccc(CC(=O)Nc2nc(C)c(CN3CCC(C)CC3)s2)cc1. The summed E-state index contributed by atoms with van der Waals surface area (Å²) in [7, 11) is 1.63. The maximum absolute atomic E-state index is 12.3. The number of ether oxygens (including phenoxy) is 1. The minimum atomic E-state index is -0.0396. The Labute approximate surface area is 159 Å². The summed E-state index contributed by atoms with van der Waals surface area (Å²) in [5, 5.41) is 3.64. The summed E-state index contributed by atoms with van der Waals surface area (Å²) in [4.78, 5) is 20.6. The summed E-state index contributed by atoms with van der Waals surface area (Å²) < 4.78 is 5.14. The third-order valence-corrected chi connectivity index (χ3v) is 5.96. The van der Waals surface area contributed by atoms with E-state index in [1.807, 2.05) is 31.2 Å². The minimum absolute atomic E-state index is 0.0396. The van der Waals surface area contributed by atoms with Crippen molar-refractivity contribution in [3.8, 4) is 5.75 Å². The van der Waals surface area contributed by atoms with Crippen molar-refractivity contribution < 1.29 is 9.53 Å². The van der Waals surface area contributed by atoms with Crippen molar-refractivity contribution in [1.82, 2.24) is 9.88 Å². The maximum Gasteiger partial charge on any atom is 0.230 e. The van der Waals surface area contributed by atoms with Gasteiger partial charge in [-0.05, 0) is 56.5 Å². The highest BCUT2D eigenvalue weighted by Gasteiger charge is 2.18. The molecule has 0 saturated carbocycles. The Hall–Kier alpha value is -1.92. The van der Waals surface area contributed by atoms with Gasteiger partial charge in [-0.15, -0.1) is 11.3 Å². The summed E-state index contributed by atoms with van der Waals surface area (Å²) in [6, 6.07) is 7.56. The van der Waals surface area contributed by atoms with Crippen molar-refractivity contribution in [1.29, 1.82) is 0 Å². The standard InChI is InChI=1S/C20H27N3O2S/c1-14-8-10-23(11-9-14)13-18-15(2)21-20(26-18)22-19(24)12-16-4-6-17(25-3)7-5-16/h4-7,14H,8-13H2,1-3H3,(H,21,22,24). The van der Waals surface area contributed by atoms with E-state index in [1.54, 1.807) is 18.4 Å². The lowest BCUT2D eigenvalue weighted by Crippen LogP contribution is -2.32. The predicted molar refractivity (Wildman–Crippen MR) is 106 cm³/mol. The molecule has 0 spiro atoms. The second-order valence-corrected chi connectivity index (χ2v) is 8.14. The fraction of sp³-hybridized carbons (Fsp3) is 0.500. The number of rotatable bonds is 6. The highest BCUT2D eigenvalue weighted by atomic mass is 32.1. The van der Waals surface area contributed by atoms with Gasteiger partial charge in [0.2, 0.25) is 5.91 Å². The topological polar surface area (TPSA) is 54.5 Å². The van der Waals surface area contributed by atoms with Gasteiger partial charge in [-0.25, -0.2) is 4.98 Å². The maximum atomic E-state index is 12.3. The number of anilines is 1. The smallest absolute Gasteiger partial charge is 0.230 e. The Bertz CT molecular complexity index is 734. The van der Waals surface area contributed by atoms with Crippen molar-refractivity contribution in [3.05, 3.63) is 40.4 Å². The molecule has 5 nitrogen and oxygen atoms in total. The zero-order valence-electron chi connectivity index (χ0n) is 15.7. The molecule has 1 N–H and O–H groups in total. The number of nitrogens with one attached hydrogen (secondary N) is 1. The average Bonchev–Trinajstić information content (AvgIpc) is 2.96. The Morgan fingerprint density at radius 3 is 2.65 bits per heavy atom. The number of hydrogen-bond acceptors (Lipinski definition) is 5. The number of methoxy groups -OCH3 is 1. The van der Waals surface area contributed by atoms with Crippen LogP contribution >= 0.6 is 11.3 Å². The molecule has 0 unspecified atom stereocenters. The number of piperidine rings is 1. The van der Waals surface area contributed by atoms with Gasteiger partial charge in [-0.2, -0.15) is 0 Å². The van der Waals surface area contributed by atoms with Crippen LogP contribution in [-0.4, -0.2) is 36.0 Å². The van der Waals surface area contributed by atoms with Gasteiger partial charge in [-0.3, -0.25) is 9.69 Å². The van der Waals surface area contributed by atoms with E-state index in [0.717, 1.165) is 42.6 Å². The molecule has 140 valence electrons. The molecule has 2 aromatic rings. The third kappa shape index (κ3) is 5.05. The first kappa shape index (κ1) is 18.9. The van der Waals surface area contributed by atoms with Crippen LogP contribution in [0.25, 0.3) is 0 Å². The number of amides is 1. The van der Waals surface area contributed by atoms with Crippen LogP contribution in [0.3, 0.4) is 0 Å². The number of nitrogens with zero attached hydrogens (tertiary/aromatic N) is 2. The molecular weight excluding hydrogens is 346 g/mol.